The molecule has 1 saturated heterocycles. The molecule has 0 amide bonds. The number of rotatable bonds is 6. The first kappa shape index (κ1) is 23.3. The Hall–Kier alpha value is -1.85. The van der Waals surface area contributed by atoms with E-state index in [9.17, 15) is 0 Å². The summed E-state index contributed by atoms with van der Waals surface area (Å²) in [6.45, 7) is 4.33. The van der Waals surface area contributed by atoms with Gasteiger partial charge in [0.15, 0.2) is 0 Å². The Balaban J connectivity index is 2.22. The van der Waals surface area contributed by atoms with Crippen molar-refractivity contribution in [3.63, 3.8) is 0 Å². The van der Waals surface area contributed by atoms with E-state index in [0.29, 0.717) is 6.04 Å². The fraction of sp³-hybridized carbons (Fsp3) is 0.280. The van der Waals surface area contributed by atoms with Gasteiger partial charge in [0.25, 0.3) is 7.83 Å². The van der Waals surface area contributed by atoms with Crippen LogP contribution in [0.3, 0.4) is 0 Å². The van der Waals surface area contributed by atoms with Crippen molar-refractivity contribution in [1.82, 2.24) is 0 Å². The fourth-order valence-electron chi connectivity index (χ4n) is 5.54. The zero-order valence-electron chi connectivity index (χ0n) is 19.5. The summed E-state index contributed by atoms with van der Waals surface area (Å²) in [6, 6.07) is 32.6. The van der Waals surface area contributed by atoms with Crippen molar-refractivity contribution in [3.8, 4) is 0 Å². The Morgan fingerprint density at radius 1 is 0.625 bits per heavy atom. The smallest absolute Gasteiger partial charge is 0.357 e. The van der Waals surface area contributed by atoms with E-state index in [4.69, 9.17) is 17.7 Å². The van der Waals surface area contributed by atoms with E-state index < -0.39 is 28.9 Å². The van der Waals surface area contributed by atoms with Gasteiger partial charge in [-0.25, -0.2) is 0 Å². The van der Waals surface area contributed by atoms with E-state index in [2.05, 4.69) is 98.8 Å². The quantitative estimate of drug-likeness (QED) is 0.509. The van der Waals surface area contributed by atoms with Crippen LogP contribution in [0.4, 0.5) is 0 Å². The molecule has 0 saturated carbocycles. The highest BCUT2D eigenvalue weighted by Gasteiger charge is 2.80. The molecule has 3 aromatic carbocycles. The molecule has 0 bridgehead atoms. The second-order valence-electron chi connectivity index (χ2n) is 8.86. The largest absolute Gasteiger partial charge is 0.413 e. The molecule has 0 aliphatic carbocycles. The zero-order chi connectivity index (χ0) is 22.9. The van der Waals surface area contributed by atoms with Crippen molar-refractivity contribution in [2.45, 2.75) is 25.5 Å². The molecule has 1 unspecified atom stereocenters. The maximum absolute atomic E-state index is 7.40. The van der Waals surface area contributed by atoms with Crippen molar-refractivity contribution < 1.29 is 17.7 Å². The van der Waals surface area contributed by atoms with Gasteiger partial charge in [0.05, 0.1) is 5.60 Å². The lowest BCUT2D eigenvalue weighted by Gasteiger charge is -2.59. The number of hydrogen-bond acceptors (Lipinski definition) is 4. The Morgan fingerprint density at radius 2 is 1.03 bits per heavy atom. The molecular formula is C25H32O4Si3. The molecule has 4 nitrogen and oxygen atoms in total. The highest BCUT2D eigenvalue weighted by molar-refractivity contribution is 7.73. The second kappa shape index (κ2) is 8.83. The van der Waals surface area contributed by atoms with Crippen LogP contribution in [0, 0.1) is 0 Å². The molecule has 0 spiro atoms. The van der Waals surface area contributed by atoms with Crippen LogP contribution in [0.5, 0.6) is 0 Å². The summed E-state index contributed by atoms with van der Waals surface area (Å²) in [4.78, 5) is 0. The SMILES string of the molecule is CO[Si]1(OC)CC(C)(C)O[Si](c2ccccc2)(c2ccccc2)[Si]1(OC)c1ccccc1. The Bertz CT molecular complexity index is 987. The average molecular weight is 481 g/mol. The molecule has 1 fully saturated rings. The van der Waals surface area contributed by atoms with Crippen molar-refractivity contribution in [1.29, 1.82) is 0 Å². The first-order valence-electron chi connectivity index (χ1n) is 10.9. The van der Waals surface area contributed by atoms with Crippen LogP contribution in [-0.4, -0.2) is 50.2 Å². The van der Waals surface area contributed by atoms with Crippen molar-refractivity contribution in [3.05, 3.63) is 91.0 Å². The monoisotopic (exact) mass is 480 g/mol. The summed E-state index contributed by atoms with van der Waals surface area (Å²) >= 11 is 0. The minimum absolute atomic E-state index is 0.431. The molecule has 1 heterocycles. The van der Waals surface area contributed by atoms with Gasteiger partial charge < -0.3 is 17.7 Å². The van der Waals surface area contributed by atoms with Crippen LogP contribution in [0.15, 0.2) is 91.0 Å². The van der Waals surface area contributed by atoms with Crippen LogP contribution in [-0.2, 0) is 17.7 Å². The van der Waals surface area contributed by atoms with Gasteiger partial charge in [-0.1, -0.05) is 91.0 Å². The first-order chi connectivity index (χ1) is 15.4. The predicted molar refractivity (Wildman–Crippen MR) is 136 cm³/mol. The van der Waals surface area contributed by atoms with E-state index in [1.54, 1.807) is 14.2 Å². The Labute approximate surface area is 194 Å². The van der Waals surface area contributed by atoms with E-state index in [1.807, 2.05) is 13.2 Å². The average Bonchev–Trinajstić information content (AvgIpc) is 2.84. The predicted octanol–water partition coefficient (Wildman–Crippen LogP) is 2.95. The summed E-state index contributed by atoms with van der Waals surface area (Å²) in [5, 5.41) is 3.57. The zero-order valence-corrected chi connectivity index (χ0v) is 22.5. The fourth-order valence-corrected chi connectivity index (χ4v) is 40.7. The minimum atomic E-state index is -3.05. The summed E-state index contributed by atoms with van der Waals surface area (Å²) in [5.41, 5.74) is -0.431. The topological polar surface area (TPSA) is 36.9 Å². The van der Waals surface area contributed by atoms with Gasteiger partial charge in [0.2, 0.25) is 0 Å². The molecule has 4 rings (SSSR count). The van der Waals surface area contributed by atoms with E-state index in [1.165, 1.54) is 15.6 Å². The van der Waals surface area contributed by atoms with E-state index in [0.717, 1.165) is 0 Å². The molecule has 1 aliphatic rings. The number of benzene rings is 3. The van der Waals surface area contributed by atoms with Gasteiger partial charge in [-0.3, -0.25) is 0 Å². The highest BCUT2D eigenvalue weighted by atomic mass is 29.7. The summed E-state index contributed by atoms with van der Waals surface area (Å²) in [7, 11) is -3.58. The molecule has 7 heteroatoms. The maximum atomic E-state index is 7.40. The molecule has 3 aromatic rings. The molecule has 32 heavy (non-hydrogen) atoms. The molecule has 1 atom stereocenters. The standard InChI is InChI=1S/C25H32O4Si3/c1-25(2)21-30(26-3,27-4)32(28-5,24-19-13-8-14-20-24)31(29-25,22-15-9-6-10-16-22)23-17-11-7-12-18-23/h6-20H,21H2,1-5H3. The van der Waals surface area contributed by atoms with Gasteiger partial charge in [-0.15, -0.1) is 0 Å². The summed E-state index contributed by atoms with van der Waals surface area (Å²) in [5.74, 6) is 0. The second-order valence-corrected chi connectivity index (χ2v) is 26.7. The van der Waals surface area contributed by atoms with Gasteiger partial charge in [0, 0.05) is 27.4 Å². The molecule has 0 radical (unpaired) electrons. The third kappa shape index (κ3) is 3.31. The summed E-state index contributed by atoms with van der Waals surface area (Å²) in [6.07, 6.45) is 0. The van der Waals surface area contributed by atoms with Crippen LogP contribution >= 0.6 is 0 Å². The molecule has 0 aromatic heterocycles. The maximum Gasteiger partial charge on any atom is 0.357 e. The molecule has 1 aliphatic heterocycles. The summed E-state index contributed by atoms with van der Waals surface area (Å²) < 4.78 is 27.3. The minimum Gasteiger partial charge on any atom is -0.413 e. The van der Waals surface area contributed by atoms with Crippen LogP contribution in [0.25, 0.3) is 0 Å². The highest BCUT2D eigenvalue weighted by Crippen LogP contribution is 2.44. The lowest BCUT2D eigenvalue weighted by molar-refractivity contribution is 0.102. The van der Waals surface area contributed by atoms with Crippen molar-refractivity contribution >= 4 is 38.8 Å². The third-order valence-corrected chi connectivity index (χ3v) is 35.8. The van der Waals surface area contributed by atoms with Crippen LogP contribution in [0.1, 0.15) is 13.8 Å². The number of hydrogen-bond donors (Lipinski definition) is 0. The van der Waals surface area contributed by atoms with Gasteiger partial charge in [-0.2, -0.15) is 0 Å². The first-order valence-corrected chi connectivity index (χ1v) is 18.8. The third-order valence-electron chi connectivity index (χ3n) is 6.63. The lowest BCUT2D eigenvalue weighted by atomic mass is 10.2. The molecule has 0 N–H and O–H groups in total. The molecular weight excluding hydrogens is 449 g/mol. The van der Waals surface area contributed by atoms with Crippen LogP contribution < -0.4 is 15.6 Å². The normalized spacial score (nSPS) is 23.5. The Kier molecular flexibility index (Phi) is 6.43. The molecule has 168 valence electrons. The van der Waals surface area contributed by atoms with E-state index >= 15 is 0 Å². The van der Waals surface area contributed by atoms with Crippen molar-refractivity contribution in [2.24, 2.45) is 0 Å². The van der Waals surface area contributed by atoms with Crippen LogP contribution in [0.2, 0.25) is 6.04 Å². The Morgan fingerprint density at radius 3 is 1.41 bits per heavy atom. The lowest BCUT2D eigenvalue weighted by Crippen LogP contribution is -2.97. The van der Waals surface area contributed by atoms with Gasteiger partial charge in [-0.05, 0) is 29.4 Å². The van der Waals surface area contributed by atoms with Crippen molar-refractivity contribution in [2.75, 3.05) is 21.3 Å². The van der Waals surface area contributed by atoms with Gasteiger partial charge in [0.1, 0.15) is 0 Å². The van der Waals surface area contributed by atoms with E-state index in [-0.39, 0.29) is 0 Å². The van der Waals surface area contributed by atoms with Gasteiger partial charge >= 0.3 is 15.4 Å².